The molecular formula is C29H34BrN3O4S. The minimum atomic E-state index is -4.08. The van der Waals surface area contributed by atoms with E-state index >= 15 is 0 Å². The van der Waals surface area contributed by atoms with Crippen LogP contribution in [0.15, 0.2) is 82.2 Å². The van der Waals surface area contributed by atoms with E-state index in [1.165, 1.54) is 17.0 Å². The molecule has 2 amide bonds. The van der Waals surface area contributed by atoms with Crippen molar-refractivity contribution >= 4 is 43.5 Å². The third kappa shape index (κ3) is 7.45. The molecule has 0 aliphatic carbocycles. The van der Waals surface area contributed by atoms with E-state index in [0.29, 0.717) is 12.2 Å². The number of anilines is 1. The molecule has 0 bridgehead atoms. The maximum atomic E-state index is 13.9. The minimum Gasteiger partial charge on any atom is -0.354 e. The molecule has 0 radical (unpaired) electrons. The Morgan fingerprint density at radius 1 is 0.947 bits per heavy atom. The predicted octanol–water partition coefficient (Wildman–Crippen LogP) is 5.20. The highest BCUT2D eigenvalue weighted by atomic mass is 79.9. The largest absolute Gasteiger partial charge is 0.354 e. The highest BCUT2D eigenvalue weighted by Gasteiger charge is 2.32. The number of rotatable bonds is 11. The molecule has 3 aromatic rings. The van der Waals surface area contributed by atoms with Gasteiger partial charge in [0.2, 0.25) is 11.8 Å². The summed E-state index contributed by atoms with van der Waals surface area (Å²) < 4.78 is 29.7. The Hall–Kier alpha value is -3.17. The van der Waals surface area contributed by atoms with Gasteiger partial charge < -0.3 is 10.2 Å². The average Bonchev–Trinajstić information content (AvgIpc) is 2.89. The number of nitrogens with zero attached hydrogens (tertiary/aromatic N) is 2. The summed E-state index contributed by atoms with van der Waals surface area (Å²) >= 11 is 3.42. The average molecular weight is 601 g/mol. The maximum Gasteiger partial charge on any atom is 0.264 e. The van der Waals surface area contributed by atoms with E-state index in [-0.39, 0.29) is 17.3 Å². The van der Waals surface area contributed by atoms with Crippen LogP contribution in [0.3, 0.4) is 0 Å². The minimum absolute atomic E-state index is 0.0835. The van der Waals surface area contributed by atoms with E-state index in [2.05, 4.69) is 21.2 Å². The van der Waals surface area contributed by atoms with Crippen LogP contribution < -0.4 is 9.62 Å². The fraction of sp³-hybridized carbons (Fsp3) is 0.310. The van der Waals surface area contributed by atoms with Gasteiger partial charge in [0.1, 0.15) is 12.6 Å². The second-order valence-corrected chi connectivity index (χ2v) is 12.1. The fourth-order valence-corrected chi connectivity index (χ4v) is 5.79. The summed E-state index contributed by atoms with van der Waals surface area (Å²) in [4.78, 5) is 28.3. The van der Waals surface area contributed by atoms with E-state index in [1.54, 1.807) is 37.3 Å². The zero-order valence-electron chi connectivity index (χ0n) is 22.1. The summed E-state index contributed by atoms with van der Waals surface area (Å²) in [5, 5.41) is 2.85. The Labute approximate surface area is 234 Å². The van der Waals surface area contributed by atoms with E-state index in [1.807, 2.05) is 51.1 Å². The molecule has 38 heavy (non-hydrogen) atoms. The third-order valence-corrected chi connectivity index (χ3v) is 8.40. The topological polar surface area (TPSA) is 86.8 Å². The first-order valence-electron chi connectivity index (χ1n) is 12.5. The second-order valence-electron chi connectivity index (χ2n) is 9.29. The van der Waals surface area contributed by atoms with Crippen molar-refractivity contribution in [2.24, 2.45) is 0 Å². The molecule has 0 saturated heterocycles. The van der Waals surface area contributed by atoms with Crippen molar-refractivity contribution in [1.82, 2.24) is 10.2 Å². The molecule has 0 unspecified atom stereocenters. The Morgan fingerprint density at radius 2 is 1.55 bits per heavy atom. The summed E-state index contributed by atoms with van der Waals surface area (Å²) in [6.45, 7) is 7.55. The quantitative estimate of drug-likeness (QED) is 0.328. The molecule has 1 atom stereocenters. The first kappa shape index (κ1) is 29.4. The SMILES string of the molecule is CCCNC(=O)[C@@H](C)N(Cc1ccc(Br)cc1)C(=O)CN(c1cc(C)cc(C)c1)S(=O)(=O)c1ccccc1. The number of halogens is 1. The fourth-order valence-electron chi connectivity index (χ4n) is 4.11. The molecule has 3 rings (SSSR count). The summed E-state index contributed by atoms with van der Waals surface area (Å²) in [5.41, 5.74) is 2.96. The van der Waals surface area contributed by atoms with Gasteiger partial charge in [0, 0.05) is 17.6 Å². The van der Waals surface area contributed by atoms with Crippen LogP contribution in [-0.2, 0) is 26.2 Å². The number of hydrogen-bond acceptors (Lipinski definition) is 4. The molecule has 0 heterocycles. The van der Waals surface area contributed by atoms with Gasteiger partial charge in [-0.25, -0.2) is 8.42 Å². The Balaban J connectivity index is 2.03. The molecule has 3 aromatic carbocycles. The smallest absolute Gasteiger partial charge is 0.264 e. The lowest BCUT2D eigenvalue weighted by atomic mass is 10.1. The molecule has 0 aliphatic rings. The molecule has 0 aliphatic heterocycles. The molecule has 202 valence electrons. The van der Waals surface area contributed by atoms with E-state index in [0.717, 1.165) is 31.9 Å². The van der Waals surface area contributed by atoms with Crippen molar-refractivity contribution < 1.29 is 18.0 Å². The molecule has 7 nitrogen and oxygen atoms in total. The summed E-state index contributed by atoms with van der Waals surface area (Å²) in [7, 11) is -4.08. The Morgan fingerprint density at radius 3 is 2.13 bits per heavy atom. The van der Waals surface area contributed by atoms with Gasteiger partial charge in [-0.15, -0.1) is 0 Å². The molecule has 0 spiro atoms. The van der Waals surface area contributed by atoms with Gasteiger partial charge in [-0.1, -0.05) is 59.3 Å². The normalized spacial score (nSPS) is 12.0. The van der Waals surface area contributed by atoms with E-state index in [9.17, 15) is 18.0 Å². The zero-order chi connectivity index (χ0) is 27.9. The van der Waals surface area contributed by atoms with Crippen molar-refractivity contribution in [2.75, 3.05) is 17.4 Å². The van der Waals surface area contributed by atoms with Crippen molar-refractivity contribution in [3.8, 4) is 0 Å². The lowest BCUT2D eigenvalue weighted by Crippen LogP contribution is -2.51. The molecule has 1 N–H and O–H groups in total. The van der Waals surface area contributed by atoms with Gasteiger partial charge in [-0.2, -0.15) is 0 Å². The van der Waals surface area contributed by atoms with Crippen molar-refractivity contribution in [3.05, 3.63) is 94.0 Å². The maximum absolute atomic E-state index is 13.9. The number of carbonyl (C=O) groups is 2. The highest BCUT2D eigenvalue weighted by molar-refractivity contribution is 9.10. The van der Waals surface area contributed by atoms with Gasteiger partial charge in [0.05, 0.1) is 10.6 Å². The van der Waals surface area contributed by atoms with Crippen LogP contribution >= 0.6 is 15.9 Å². The van der Waals surface area contributed by atoms with Gasteiger partial charge in [-0.05, 0) is 80.3 Å². The first-order chi connectivity index (χ1) is 18.0. The lowest BCUT2D eigenvalue weighted by Gasteiger charge is -2.32. The van der Waals surface area contributed by atoms with Crippen LogP contribution in [0, 0.1) is 13.8 Å². The van der Waals surface area contributed by atoms with Gasteiger partial charge >= 0.3 is 0 Å². The highest BCUT2D eigenvalue weighted by Crippen LogP contribution is 2.26. The monoisotopic (exact) mass is 599 g/mol. The van der Waals surface area contributed by atoms with Gasteiger partial charge in [-0.3, -0.25) is 13.9 Å². The standard InChI is InChI=1S/C29H34BrN3O4S/c1-5-15-31-29(35)23(4)32(19-24-11-13-25(30)14-12-24)28(34)20-33(26-17-21(2)16-22(3)18-26)38(36,37)27-9-7-6-8-10-27/h6-14,16-18,23H,5,15,19-20H2,1-4H3,(H,31,35)/t23-/m1/s1. The third-order valence-electron chi connectivity index (χ3n) is 6.09. The van der Waals surface area contributed by atoms with Crippen LogP contribution in [0.25, 0.3) is 0 Å². The van der Waals surface area contributed by atoms with Crippen LogP contribution in [0.5, 0.6) is 0 Å². The van der Waals surface area contributed by atoms with E-state index < -0.39 is 28.5 Å². The first-order valence-corrected chi connectivity index (χ1v) is 14.7. The van der Waals surface area contributed by atoms with Crippen LogP contribution in [0.1, 0.15) is 37.0 Å². The van der Waals surface area contributed by atoms with Crippen LogP contribution in [0.2, 0.25) is 0 Å². The summed E-state index contributed by atoms with van der Waals surface area (Å²) in [6.07, 6.45) is 0.759. The Bertz CT molecular complexity index is 1340. The molecule has 9 heteroatoms. The number of hydrogen-bond donors (Lipinski definition) is 1. The number of benzene rings is 3. The van der Waals surface area contributed by atoms with Crippen molar-refractivity contribution in [1.29, 1.82) is 0 Å². The van der Waals surface area contributed by atoms with Crippen LogP contribution in [0.4, 0.5) is 5.69 Å². The molecule has 0 saturated carbocycles. The second kappa shape index (κ2) is 13.1. The summed E-state index contributed by atoms with van der Waals surface area (Å²) in [5.74, 6) is -0.771. The molecule has 0 fully saturated rings. The number of sulfonamides is 1. The van der Waals surface area contributed by atoms with Crippen molar-refractivity contribution in [2.45, 2.75) is 51.6 Å². The zero-order valence-corrected chi connectivity index (χ0v) is 24.6. The number of amides is 2. The number of nitrogens with one attached hydrogen (secondary N) is 1. The molecular weight excluding hydrogens is 566 g/mol. The lowest BCUT2D eigenvalue weighted by molar-refractivity contribution is -0.139. The Kier molecular flexibility index (Phi) is 10.1. The molecule has 0 aromatic heterocycles. The summed E-state index contributed by atoms with van der Waals surface area (Å²) in [6, 6.07) is 20.1. The predicted molar refractivity (Wildman–Crippen MR) is 154 cm³/mol. The van der Waals surface area contributed by atoms with E-state index in [4.69, 9.17) is 0 Å². The van der Waals surface area contributed by atoms with Gasteiger partial charge in [0.15, 0.2) is 0 Å². The van der Waals surface area contributed by atoms with Crippen LogP contribution in [-0.4, -0.2) is 44.3 Å². The number of aryl methyl sites for hydroxylation is 2. The number of carbonyl (C=O) groups excluding carboxylic acids is 2. The van der Waals surface area contributed by atoms with Crippen molar-refractivity contribution in [3.63, 3.8) is 0 Å². The van der Waals surface area contributed by atoms with Gasteiger partial charge in [0.25, 0.3) is 10.0 Å².